The molecule has 0 N–H and O–H groups in total. The maximum Gasteiger partial charge on any atom is 0.168 e. The van der Waals surface area contributed by atoms with Crippen LogP contribution in [0.15, 0.2) is 182 Å². The van der Waals surface area contributed by atoms with Crippen LogP contribution in [-0.2, 0) is 0 Å². The summed E-state index contributed by atoms with van der Waals surface area (Å²) in [6.45, 7) is 2.10. The summed E-state index contributed by atoms with van der Waals surface area (Å²) in [5.41, 5.74) is 10.9. The average Bonchev–Trinajstić information content (AvgIpc) is 3.77. The third-order valence-electron chi connectivity index (χ3n) is 9.30. The van der Waals surface area contributed by atoms with E-state index in [4.69, 9.17) is 10.2 Å². The topological polar surface area (TPSA) is 38.9 Å². The highest BCUT2D eigenvalue weighted by Crippen LogP contribution is 2.38. The maximum atomic E-state index is 4.73. The summed E-state index contributed by atoms with van der Waals surface area (Å²) in [7, 11) is 0. The van der Waals surface area contributed by atoms with Gasteiger partial charge in [0, 0.05) is 50.3 Å². The first kappa shape index (κ1) is 29.4. The highest BCUT2D eigenvalue weighted by atomic mass is 15.3. The second kappa shape index (κ2) is 12.4. The standard InChI is InChI=1S/C45H33N5/c1-32-13-12-14-34(31-32)45-47-46-44(50(45)36-17-6-3-7-18-36)33-23-25-37(26-24-33)48(35-15-4-2-5-16-35)38-27-29-39(30-28-38)49-42-21-10-8-19-40(42)41-20-9-11-22-43(41)49/h2-31H,1H3. The van der Waals surface area contributed by atoms with E-state index >= 15 is 0 Å². The molecule has 50 heavy (non-hydrogen) atoms. The van der Waals surface area contributed by atoms with Crippen molar-refractivity contribution in [2.45, 2.75) is 6.92 Å². The predicted octanol–water partition coefficient (Wildman–Crippen LogP) is 11.5. The van der Waals surface area contributed by atoms with Gasteiger partial charge in [0.25, 0.3) is 0 Å². The summed E-state index contributed by atoms with van der Waals surface area (Å²) in [6.07, 6.45) is 0. The van der Waals surface area contributed by atoms with Crippen molar-refractivity contribution in [3.63, 3.8) is 0 Å². The molecule has 0 fully saturated rings. The van der Waals surface area contributed by atoms with Gasteiger partial charge in [-0.05, 0) is 97.9 Å². The molecule has 0 radical (unpaired) electrons. The van der Waals surface area contributed by atoms with E-state index in [9.17, 15) is 0 Å². The van der Waals surface area contributed by atoms with Crippen molar-refractivity contribution in [1.29, 1.82) is 0 Å². The summed E-state index contributed by atoms with van der Waals surface area (Å²) >= 11 is 0. The van der Waals surface area contributed by atoms with E-state index in [0.29, 0.717) is 0 Å². The van der Waals surface area contributed by atoms with Gasteiger partial charge >= 0.3 is 0 Å². The molecule has 0 aliphatic carbocycles. The number of anilines is 3. The average molecular weight is 644 g/mol. The monoisotopic (exact) mass is 643 g/mol. The molecule has 0 amide bonds. The van der Waals surface area contributed by atoms with E-state index < -0.39 is 0 Å². The zero-order valence-corrected chi connectivity index (χ0v) is 27.6. The third-order valence-corrected chi connectivity index (χ3v) is 9.30. The Hall–Kier alpha value is -6.72. The van der Waals surface area contributed by atoms with E-state index in [-0.39, 0.29) is 0 Å². The van der Waals surface area contributed by atoms with Crippen LogP contribution >= 0.6 is 0 Å². The summed E-state index contributed by atoms with van der Waals surface area (Å²) in [5, 5.41) is 11.9. The molecule has 0 atom stereocenters. The van der Waals surface area contributed by atoms with E-state index in [1.165, 1.54) is 27.4 Å². The fourth-order valence-electron chi connectivity index (χ4n) is 7.00. The van der Waals surface area contributed by atoms with Gasteiger partial charge in [0.15, 0.2) is 11.6 Å². The minimum absolute atomic E-state index is 0.793. The summed E-state index contributed by atoms with van der Waals surface area (Å²) in [5.74, 6) is 1.61. The number of para-hydroxylation sites is 4. The van der Waals surface area contributed by atoms with Crippen molar-refractivity contribution >= 4 is 38.9 Å². The predicted molar refractivity (Wildman–Crippen MR) is 206 cm³/mol. The quantitative estimate of drug-likeness (QED) is 0.173. The van der Waals surface area contributed by atoms with Crippen LogP contribution in [-0.4, -0.2) is 19.3 Å². The van der Waals surface area contributed by atoms with Gasteiger partial charge in [-0.3, -0.25) is 4.57 Å². The summed E-state index contributed by atoms with van der Waals surface area (Å²) in [6, 6.07) is 64.0. The molecular weight excluding hydrogens is 611 g/mol. The fraction of sp³-hybridized carbons (Fsp3) is 0.0222. The van der Waals surface area contributed by atoms with E-state index in [2.05, 4.69) is 185 Å². The van der Waals surface area contributed by atoms with Crippen LogP contribution in [0.1, 0.15) is 5.56 Å². The Morgan fingerprint density at radius 1 is 0.400 bits per heavy atom. The van der Waals surface area contributed by atoms with Gasteiger partial charge in [-0.2, -0.15) is 0 Å². The molecular formula is C45H33N5. The van der Waals surface area contributed by atoms with E-state index in [0.717, 1.165) is 51.2 Å². The summed E-state index contributed by atoms with van der Waals surface area (Å²) in [4.78, 5) is 2.29. The number of hydrogen-bond acceptors (Lipinski definition) is 3. The Morgan fingerprint density at radius 2 is 0.900 bits per heavy atom. The lowest BCUT2D eigenvalue weighted by atomic mass is 10.1. The molecule has 0 saturated heterocycles. The van der Waals surface area contributed by atoms with Crippen molar-refractivity contribution in [3.05, 3.63) is 188 Å². The first-order chi connectivity index (χ1) is 24.7. The van der Waals surface area contributed by atoms with Crippen LogP contribution in [0.2, 0.25) is 0 Å². The third kappa shape index (κ3) is 5.13. The molecule has 0 saturated carbocycles. The van der Waals surface area contributed by atoms with Gasteiger partial charge in [0.05, 0.1) is 11.0 Å². The lowest BCUT2D eigenvalue weighted by Crippen LogP contribution is -2.10. The zero-order valence-electron chi connectivity index (χ0n) is 27.6. The van der Waals surface area contributed by atoms with Crippen molar-refractivity contribution < 1.29 is 0 Å². The Bertz CT molecular complexity index is 2530. The van der Waals surface area contributed by atoms with E-state index in [1.54, 1.807) is 0 Å². The minimum Gasteiger partial charge on any atom is -0.311 e. The molecule has 9 rings (SSSR count). The molecule has 9 aromatic rings. The molecule has 2 aromatic heterocycles. The Morgan fingerprint density at radius 3 is 1.52 bits per heavy atom. The van der Waals surface area contributed by atoms with Gasteiger partial charge in [-0.15, -0.1) is 10.2 Å². The highest BCUT2D eigenvalue weighted by Gasteiger charge is 2.19. The Balaban J connectivity index is 1.12. The van der Waals surface area contributed by atoms with Gasteiger partial charge in [-0.1, -0.05) is 96.6 Å². The van der Waals surface area contributed by atoms with Gasteiger partial charge in [-0.25, -0.2) is 0 Å². The fourth-order valence-corrected chi connectivity index (χ4v) is 7.00. The number of benzene rings is 7. The molecule has 0 unspecified atom stereocenters. The van der Waals surface area contributed by atoms with Gasteiger partial charge in [0.2, 0.25) is 0 Å². The molecule has 7 aromatic carbocycles. The molecule has 0 spiro atoms. The van der Waals surface area contributed by atoms with Gasteiger partial charge in [0.1, 0.15) is 0 Å². The van der Waals surface area contributed by atoms with Crippen molar-refractivity contribution in [3.8, 4) is 34.2 Å². The number of hydrogen-bond donors (Lipinski definition) is 0. The first-order valence-corrected chi connectivity index (χ1v) is 16.8. The molecule has 238 valence electrons. The molecule has 5 nitrogen and oxygen atoms in total. The number of nitrogens with zero attached hydrogens (tertiary/aromatic N) is 5. The smallest absolute Gasteiger partial charge is 0.168 e. The number of aromatic nitrogens is 4. The number of aryl methyl sites for hydroxylation is 1. The Kier molecular flexibility index (Phi) is 7.29. The zero-order chi connectivity index (χ0) is 33.4. The van der Waals surface area contributed by atoms with Crippen LogP contribution in [0.3, 0.4) is 0 Å². The highest BCUT2D eigenvalue weighted by molar-refractivity contribution is 6.09. The van der Waals surface area contributed by atoms with Crippen LogP contribution in [0, 0.1) is 6.92 Å². The number of rotatable bonds is 7. The van der Waals surface area contributed by atoms with Gasteiger partial charge < -0.3 is 9.47 Å². The van der Waals surface area contributed by atoms with Crippen molar-refractivity contribution in [1.82, 2.24) is 19.3 Å². The molecule has 2 heterocycles. The lowest BCUT2D eigenvalue weighted by molar-refractivity contribution is 1.07. The SMILES string of the molecule is Cc1cccc(-c2nnc(-c3ccc(N(c4ccccc4)c4ccc(-n5c6ccccc6c6ccccc65)cc4)cc3)n2-c2ccccc2)c1. The Labute approximate surface area is 291 Å². The van der Waals surface area contributed by atoms with Crippen molar-refractivity contribution in [2.24, 2.45) is 0 Å². The second-order valence-electron chi connectivity index (χ2n) is 12.5. The molecule has 5 heteroatoms. The van der Waals surface area contributed by atoms with Crippen molar-refractivity contribution in [2.75, 3.05) is 4.90 Å². The lowest BCUT2D eigenvalue weighted by Gasteiger charge is -2.26. The summed E-state index contributed by atoms with van der Waals surface area (Å²) < 4.78 is 4.50. The maximum absolute atomic E-state index is 4.73. The van der Waals surface area contributed by atoms with Crippen LogP contribution in [0.25, 0.3) is 56.0 Å². The van der Waals surface area contributed by atoms with Crippen LogP contribution < -0.4 is 4.90 Å². The minimum atomic E-state index is 0.793. The molecule has 0 aliphatic heterocycles. The normalized spacial score (nSPS) is 11.3. The molecule has 0 aliphatic rings. The second-order valence-corrected chi connectivity index (χ2v) is 12.5. The number of fused-ring (bicyclic) bond motifs is 3. The largest absolute Gasteiger partial charge is 0.311 e. The van der Waals surface area contributed by atoms with Crippen LogP contribution in [0.5, 0.6) is 0 Å². The molecule has 0 bridgehead atoms. The van der Waals surface area contributed by atoms with Crippen LogP contribution in [0.4, 0.5) is 17.1 Å². The first-order valence-electron chi connectivity index (χ1n) is 16.8. The van der Waals surface area contributed by atoms with E-state index in [1.807, 2.05) is 18.2 Å².